The van der Waals surface area contributed by atoms with E-state index in [4.69, 9.17) is 5.73 Å². The fourth-order valence-corrected chi connectivity index (χ4v) is 2.68. The third kappa shape index (κ3) is 3.28. The van der Waals surface area contributed by atoms with E-state index >= 15 is 0 Å². The second-order valence-corrected chi connectivity index (χ2v) is 5.48. The Labute approximate surface area is 113 Å². The van der Waals surface area contributed by atoms with Crippen LogP contribution >= 0.6 is 27.7 Å². The molecule has 0 amide bonds. The van der Waals surface area contributed by atoms with Gasteiger partial charge in [-0.15, -0.1) is 0 Å². The molecule has 0 aliphatic heterocycles. The molecule has 0 fully saturated rings. The highest BCUT2D eigenvalue weighted by molar-refractivity contribution is 9.10. The van der Waals surface area contributed by atoms with Crippen LogP contribution in [0.5, 0.6) is 0 Å². The van der Waals surface area contributed by atoms with Gasteiger partial charge in [-0.3, -0.25) is 0 Å². The van der Waals surface area contributed by atoms with Crippen LogP contribution in [0.2, 0.25) is 0 Å². The Morgan fingerprint density at radius 3 is 2.59 bits per heavy atom. The smallest absolute Gasteiger partial charge is 0.192 e. The zero-order valence-electron chi connectivity index (χ0n) is 9.30. The number of hydrogen-bond acceptors (Lipinski definition) is 4. The topological polar surface area (TPSA) is 51.8 Å². The zero-order chi connectivity index (χ0) is 12.3. The minimum atomic E-state index is 0.0401. The molecule has 88 valence electrons. The third-order valence-corrected chi connectivity index (χ3v) is 4.11. The fourth-order valence-electron chi connectivity index (χ4n) is 1.32. The van der Waals surface area contributed by atoms with Gasteiger partial charge in [-0.05, 0) is 58.4 Å². The summed E-state index contributed by atoms with van der Waals surface area (Å²) in [6.45, 7) is 1.97. The Hall–Kier alpha value is -0.910. The van der Waals surface area contributed by atoms with Gasteiger partial charge >= 0.3 is 0 Å². The van der Waals surface area contributed by atoms with E-state index in [1.807, 2.05) is 25.1 Å². The molecule has 0 saturated heterocycles. The van der Waals surface area contributed by atoms with Gasteiger partial charge in [0.15, 0.2) is 5.16 Å². The van der Waals surface area contributed by atoms with Crippen LogP contribution in [-0.4, -0.2) is 9.97 Å². The van der Waals surface area contributed by atoms with E-state index < -0.39 is 0 Å². The van der Waals surface area contributed by atoms with Crippen molar-refractivity contribution in [1.82, 2.24) is 9.97 Å². The van der Waals surface area contributed by atoms with E-state index in [1.54, 1.807) is 18.5 Å². The number of rotatable bonds is 3. The quantitative estimate of drug-likeness (QED) is 0.883. The first-order valence-electron chi connectivity index (χ1n) is 5.16. The van der Waals surface area contributed by atoms with Gasteiger partial charge in [0, 0.05) is 27.8 Å². The van der Waals surface area contributed by atoms with Crippen molar-refractivity contribution < 1.29 is 0 Å². The highest BCUT2D eigenvalue weighted by Crippen LogP contribution is 2.32. The summed E-state index contributed by atoms with van der Waals surface area (Å²) >= 11 is 5.07. The van der Waals surface area contributed by atoms with E-state index in [0.717, 1.165) is 20.1 Å². The maximum Gasteiger partial charge on any atom is 0.192 e. The molecule has 17 heavy (non-hydrogen) atoms. The average molecular weight is 310 g/mol. The number of nitrogens with two attached hydrogens (primary N) is 1. The molecule has 0 unspecified atom stereocenters. The van der Waals surface area contributed by atoms with E-state index in [1.165, 1.54) is 11.8 Å². The first-order valence-corrected chi connectivity index (χ1v) is 6.77. The molecule has 0 aliphatic rings. The summed E-state index contributed by atoms with van der Waals surface area (Å²) in [5.41, 5.74) is 6.94. The molecule has 0 aliphatic carbocycles. The molecule has 1 aromatic carbocycles. The van der Waals surface area contributed by atoms with Crippen LogP contribution in [0.15, 0.2) is 51.2 Å². The molecule has 5 heteroatoms. The van der Waals surface area contributed by atoms with Gasteiger partial charge in [-0.2, -0.15) is 0 Å². The first kappa shape index (κ1) is 12.5. The van der Waals surface area contributed by atoms with Gasteiger partial charge < -0.3 is 5.73 Å². The molecule has 0 radical (unpaired) electrons. The van der Waals surface area contributed by atoms with Crippen molar-refractivity contribution in [2.45, 2.75) is 23.0 Å². The lowest BCUT2D eigenvalue weighted by molar-refractivity contribution is 0.815. The summed E-state index contributed by atoms with van der Waals surface area (Å²) < 4.78 is 1.02. The van der Waals surface area contributed by atoms with Gasteiger partial charge in [0.2, 0.25) is 0 Å². The number of aromatic nitrogens is 2. The summed E-state index contributed by atoms with van der Waals surface area (Å²) in [6, 6.07) is 7.94. The standard InChI is InChI=1S/C12H12BrN3S/c1-8(14)9-3-4-11(10(13)7-9)17-12-15-5-2-6-16-12/h2-8H,14H2,1H3/t8-/m0/s1. The fraction of sp³-hybridized carbons (Fsp3) is 0.167. The SMILES string of the molecule is C[C@H](N)c1ccc(Sc2ncccn2)c(Br)c1. The minimum Gasteiger partial charge on any atom is -0.324 e. The molecule has 1 atom stereocenters. The summed E-state index contributed by atoms with van der Waals surface area (Å²) in [4.78, 5) is 9.44. The Kier molecular flexibility index (Phi) is 4.15. The Morgan fingerprint density at radius 2 is 2.00 bits per heavy atom. The van der Waals surface area contributed by atoms with Crippen molar-refractivity contribution in [1.29, 1.82) is 0 Å². The number of nitrogens with zero attached hydrogens (tertiary/aromatic N) is 2. The predicted molar refractivity (Wildman–Crippen MR) is 72.9 cm³/mol. The first-order chi connectivity index (χ1) is 8.16. The van der Waals surface area contributed by atoms with E-state index in [2.05, 4.69) is 25.9 Å². The van der Waals surface area contributed by atoms with Crippen LogP contribution in [0.25, 0.3) is 0 Å². The van der Waals surface area contributed by atoms with Gasteiger partial charge in [0.05, 0.1) is 0 Å². The van der Waals surface area contributed by atoms with E-state index in [0.29, 0.717) is 0 Å². The monoisotopic (exact) mass is 309 g/mol. The lowest BCUT2D eigenvalue weighted by Crippen LogP contribution is -2.04. The van der Waals surface area contributed by atoms with Crippen LogP contribution in [-0.2, 0) is 0 Å². The van der Waals surface area contributed by atoms with Crippen LogP contribution < -0.4 is 5.73 Å². The summed E-state index contributed by atoms with van der Waals surface area (Å²) in [7, 11) is 0. The Balaban J connectivity index is 2.23. The Bertz CT molecular complexity index is 502. The normalized spacial score (nSPS) is 12.4. The molecular formula is C12H12BrN3S. The molecule has 0 bridgehead atoms. The summed E-state index contributed by atoms with van der Waals surface area (Å²) in [5, 5.41) is 0.738. The van der Waals surface area contributed by atoms with Gasteiger partial charge in [0.1, 0.15) is 0 Å². The maximum atomic E-state index is 5.83. The molecule has 2 N–H and O–H groups in total. The average Bonchev–Trinajstić information content (AvgIpc) is 2.33. The van der Waals surface area contributed by atoms with Gasteiger partial charge in [-0.1, -0.05) is 6.07 Å². The van der Waals surface area contributed by atoms with Crippen LogP contribution in [0, 0.1) is 0 Å². The van der Waals surface area contributed by atoms with Crippen molar-refractivity contribution in [2.24, 2.45) is 5.73 Å². The van der Waals surface area contributed by atoms with E-state index in [9.17, 15) is 0 Å². The summed E-state index contributed by atoms with van der Waals surface area (Å²) in [5.74, 6) is 0. The number of halogens is 1. The summed E-state index contributed by atoms with van der Waals surface area (Å²) in [6.07, 6.45) is 3.47. The third-order valence-electron chi connectivity index (χ3n) is 2.23. The lowest BCUT2D eigenvalue weighted by Gasteiger charge is -2.08. The zero-order valence-corrected chi connectivity index (χ0v) is 11.7. The molecular weight excluding hydrogens is 298 g/mol. The van der Waals surface area contributed by atoms with Crippen molar-refractivity contribution in [3.63, 3.8) is 0 Å². The molecule has 2 aromatic rings. The predicted octanol–water partition coefficient (Wildman–Crippen LogP) is 3.41. The van der Waals surface area contributed by atoms with Crippen molar-refractivity contribution in [2.75, 3.05) is 0 Å². The maximum absolute atomic E-state index is 5.83. The minimum absolute atomic E-state index is 0.0401. The highest BCUT2D eigenvalue weighted by Gasteiger charge is 2.07. The van der Waals surface area contributed by atoms with Gasteiger partial charge in [-0.25, -0.2) is 9.97 Å². The molecule has 0 spiro atoms. The van der Waals surface area contributed by atoms with Gasteiger partial charge in [0.25, 0.3) is 0 Å². The Morgan fingerprint density at radius 1 is 1.29 bits per heavy atom. The highest BCUT2D eigenvalue weighted by atomic mass is 79.9. The second-order valence-electron chi connectivity index (χ2n) is 3.61. The molecule has 1 heterocycles. The van der Waals surface area contributed by atoms with Crippen LogP contribution in [0.3, 0.4) is 0 Å². The van der Waals surface area contributed by atoms with Crippen molar-refractivity contribution in [3.05, 3.63) is 46.7 Å². The van der Waals surface area contributed by atoms with Crippen LogP contribution in [0.4, 0.5) is 0 Å². The molecule has 2 rings (SSSR count). The van der Waals surface area contributed by atoms with Crippen LogP contribution in [0.1, 0.15) is 18.5 Å². The largest absolute Gasteiger partial charge is 0.324 e. The van der Waals surface area contributed by atoms with Crippen molar-refractivity contribution in [3.8, 4) is 0 Å². The lowest BCUT2D eigenvalue weighted by atomic mass is 10.1. The van der Waals surface area contributed by atoms with Crippen molar-refractivity contribution >= 4 is 27.7 Å². The number of benzene rings is 1. The second kappa shape index (κ2) is 5.62. The van der Waals surface area contributed by atoms with E-state index in [-0.39, 0.29) is 6.04 Å². The number of hydrogen-bond donors (Lipinski definition) is 1. The molecule has 1 aromatic heterocycles. The molecule has 0 saturated carbocycles. The molecule has 3 nitrogen and oxygen atoms in total.